The average Bonchev–Trinajstić information content (AvgIpc) is 2.89. The summed E-state index contributed by atoms with van der Waals surface area (Å²) in [7, 11) is 0. The maximum atomic E-state index is 9.11. The molecule has 2 aliphatic carbocycles. The summed E-state index contributed by atoms with van der Waals surface area (Å²) >= 11 is 5.96. The SMILES string of the molecule is O/N=C1\C2CCC(C2)C1Nc1cccc(Cl)c1. The maximum absolute atomic E-state index is 9.11. The summed E-state index contributed by atoms with van der Waals surface area (Å²) in [6.07, 6.45) is 3.54. The van der Waals surface area contributed by atoms with Crippen molar-refractivity contribution in [2.24, 2.45) is 17.0 Å². The van der Waals surface area contributed by atoms with Crippen LogP contribution in [0.3, 0.4) is 0 Å². The van der Waals surface area contributed by atoms with Crippen molar-refractivity contribution in [2.75, 3.05) is 5.32 Å². The van der Waals surface area contributed by atoms with Crippen LogP contribution >= 0.6 is 11.6 Å². The number of hydrogen-bond donors (Lipinski definition) is 2. The highest BCUT2D eigenvalue weighted by molar-refractivity contribution is 6.30. The largest absolute Gasteiger partial charge is 0.411 e. The van der Waals surface area contributed by atoms with E-state index in [0.717, 1.165) is 29.3 Å². The molecular formula is C13H15ClN2O. The Balaban J connectivity index is 1.81. The van der Waals surface area contributed by atoms with Gasteiger partial charge in [0.2, 0.25) is 0 Å². The number of hydrogen-bond acceptors (Lipinski definition) is 3. The zero-order valence-electron chi connectivity index (χ0n) is 9.44. The van der Waals surface area contributed by atoms with Gasteiger partial charge in [-0.05, 0) is 43.4 Å². The first-order chi connectivity index (χ1) is 8.28. The quantitative estimate of drug-likeness (QED) is 0.624. The van der Waals surface area contributed by atoms with Crippen LogP contribution in [0, 0.1) is 11.8 Å². The molecule has 2 aliphatic rings. The monoisotopic (exact) mass is 250 g/mol. The van der Waals surface area contributed by atoms with E-state index in [1.54, 1.807) is 0 Å². The Hall–Kier alpha value is -1.22. The highest BCUT2D eigenvalue weighted by Crippen LogP contribution is 2.44. The Morgan fingerprint density at radius 2 is 2.24 bits per heavy atom. The molecule has 4 heteroatoms. The van der Waals surface area contributed by atoms with Crippen molar-refractivity contribution in [3.8, 4) is 0 Å². The van der Waals surface area contributed by atoms with E-state index in [0.29, 0.717) is 11.8 Å². The summed E-state index contributed by atoms with van der Waals surface area (Å²) in [5, 5.41) is 16.8. The number of oxime groups is 1. The Kier molecular flexibility index (Phi) is 2.71. The molecule has 3 unspecified atom stereocenters. The highest BCUT2D eigenvalue weighted by Gasteiger charge is 2.45. The van der Waals surface area contributed by atoms with E-state index >= 15 is 0 Å². The third-order valence-electron chi connectivity index (χ3n) is 3.94. The third kappa shape index (κ3) is 1.89. The van der Waals surface area contributed by atoms with E-state index in [1.807, 2.05) is 24.3 Å². The van der Waals surface area contributed by atoms with Crippen molar-refractivity contribution in [1.82, 2.24) is 0 Å². The summed E-state index contributed by atoms with van der Waals surface area (Å²) in [5.41, 5.74) is 1.91. The van der Waals surface area contributed by atoms with Gasteiger partial charge in [-0.15, -0.1) is 0 Å². The number of benzene rings is 1. The maximum Gasteiger partial charge on any atom is 0.0826 e. The molecule has 3 atom stereocenters. The molecule has 2 fully saturated rings. The molecule has 0 amide bonds. The van der Waals surface area contributed by atoms with Gasteiger partial charge in [-0.1, -0.05) is 22.8 Å². The smallest absolute Gasteiger partial charge is 0.0826 e. The lowest BCUT2D eigenvalue weighted by molar-refractivity contribution is 0.312. The van der Waals surface area contributed by atoms with E-state index in [9.17, 15) is 0 Å². The molecule has 1 aromatic carbocycles. The van der Waals surface area contributed by atoms with E-state index in [-0.39, 0.29) is 6.04 Å². The Labute approximate surface area is 105 Å². The predicted molar refractivity (Wildman–Crippen MR) is 68.9 cm³/mol. The lowest BCUT2D eigenvalue weighted by Gasteiger charge is -2.24. The summed E-state index contributed by atoms with van der Waals surface area (Å²) in [6.45, 7) is 0. The number of anilines is 1. The fraction of sp³-hybridized carbons (Fsp3) is 0.462. The first-order valence-electron chi connectivity index (χ1n) is 6.02. The molecule has 0 radical (unpaired) electrons. The van der Waals surface area contributed by atoms with E-state index in [1.165, 1.54) is 6.42 Å². The number of fused-ring (bicyclic) bond motifs is 2. The van der Waals surface area contributed by atoms with Crippen molar-refractivity contribution < 1.29 is 5.21 Å². The summed E-state index contributed by atoms with van der Waals surface area (Å²) in [4.78, 5) is 0. The van der Waals surface area contributed by atoms with Crippen LogP contribution in [0.5, 0.6) is 0 Å². The fourth-order valence-electron chi connectivity index (χ4n) is 3.18. The summed E-state index contributed by atoms with van der Waals surface area (Å²) in [6, 6.07) is 7.86. The van der Waals surface area contributed by atoms with Gasteiger partial charge in [-0.3, -0.25) is 0 Å². The van der Waals surface area contributed by atoms with Gasteiger partial charge in [0.15, 0.2) is 0 Å². The van der Waals surface area contributed by atoms with Crippen LogP contribution in [0.4, 0.5) is 5.69 Å². The number of nitrogens with zero attached hydrogens (tertiary/aromatic N) is 1. The van der Waals surface area contributed by atoms with Gasteiger partial charge in [-0.25, -0.2) is 0 Å². The molecule has 0 aromatic heterocycles. The van der Waals surface area contributed by atoms with Crippen LogP contribution in [0.2, 0.25) is 5.02 Å². The Bertz CT molecular complexity index is 460. The minimum Gasteiger partial charge on any atom is -0.411 e. The third-order valence-corrected chi connectivity index (χ3v) is 4.18. The van der Waals surface area contributed by atoms with Gasteiger partial charge < -0.3 is 10.5 Å². The van der Waals surface area contributed by atoms with Gasteiger partial charge in [0.1, 0.15) is 0 Å². The Morgan fingerprint density at radius 1 is 1.35 bits per heavy atom. The average molecular weight is 251 g/mol. The number of nitrogens with one attached hydrogen (secondary N) is 1. The first-order valence-corrected chi connectivity index (χ1v) is 6.39. The topological polar surface area (TPSA) is 44.6 Å². The molecule has 1 aromatic rings. The zero-order valence-corrected chi connectivity index (χ0v) is 10.2. The predicted octanol–water partition coefficient (Wildman–Crippen LogP) is 3.38. The normalized spacial score (nSPS) is 33.2. The second kappa shape index (κ2) is 4.22. The molecule has 2 N–H and O–H groups in total. The van der Waals surface area contributed by atoms with E-state index < -0.39 is 0 Å². The summed E-state index contributed by atoms with van der Waals surface area (Å²) in [5.74, 6) is 1.08. The van der Waals surface area contributed by atoms with Gasteiger partial charge in [-0.2, -0.15) is 0 Å². The molecule has 0 spiro atoms. The van der Waals surface area contributed by atoms with E-state index in [4.69, 9.17) is 16.8 Å². The van der Waals surface area contributed by atoms with Gasteiger partial charge >= 0.3 is 0 Å². The minimum atomic E-state index is 0.178. The first kappa shape index (κ1) is 10.9. The lowest BCUT2D eigenvalue weighted by atomic mass is 9.93. The van der Waals surface area contributed by atoms with Crippen LogP contribution in [-0.2, 0) is 0 Å². The van der Waals surface area contributed by atoms with Crippen molar-refractivity contribution in [3.05, 3.63) is 29.3 Å². The molecule has 0 aliphatic heterocycles. The Morgan fingerprint density at radius 3 is 3.00 bits per heavy atom. The molecule has 0 heterocycles. The van der Waals surface area contributed by atoms with Crippen molar-refractivity contribution in [3.63, 3.8) is 0 Å². The van der Waals surface area contributed by atoms with Crippen LogP contribution in [-0.4, -0.2) is 17.0 Å². The molecule has 0 saturated heterocycles. The van der Waals surface area contributed by atoms with Gasteiger partial charge in [0.05, 0.1) is 11.8 Å². The van der Waals surface area contributed by atoms with Crippen LogP contribution in [0.25, 0.3) is 0 Å². The summed E-state index contributed by atoms with van der Waals surface area (Å²) < 4.78 is 0. The second-order valence-electron chi connectivity index (χ2n) is 4.93. The number of halogens is 1. The van der Waals surface area contributed by atoms with Crippen LogP contribution < -0.4 is 5.32 Å². The van der Waals surface area contributed by atoms with Crippen LogP contribution in [0.1, 0.15) is 19.3 Å². The van der Waals surface area contributed by atoms with Crippen LogP contribution in [0.15, 0.2) is 29.4 Å². The second-order valence-corrected chi connectivity index (χ2v) is 5.36. The van der Waals surface area contributed by atoms with Crippen molar-refractivity contribution in [1.29, 1.82) is 0 Å². The molecular weight excluding hydrogens is 236 g/mol. The van der Waals surface area contributed by atoms with Gasteiger partial charge in [0.25, 0.3) is 0 Å². The van der Waals surface area contributed by atoms with Gasteiger partial charge in [0, 0.05) is 16.6 Å². The lowest BCUT2D eigenvalue weighted by Crippen LogP contribution is -2.35. The molecule has 90 valence electrons. The molecule has 3 nitrogen and oxygen atoms in total. The molecule has 17 heavy (non-hydrogen) atoms. The highest BCUT2D eigenvalue weighted by atomic mass is 35.5. The van der Waals surface area contributed by atoms with E-state index in [2.05, 4.69) is 10.5 Å². The standard InChI is InChI=1S/C13H15ClN2O/c14-10-2-1-3-11(7-10)15-12-8-4-5-9(6-8)13(12)16-17/h1-3,7-9,12,15,17H,4-6H2/b16-13+. The minimum absolute atomic E-state index is 0.178. The van der Waals surface area contributed by atoms with Crippen molar-refractivity contribution in [2.45, 2.75) is 25.3 Å². The fourth-order valence-corrected chi connectivity index (χ4v) is 3.37. The van der Waals surface area contributed by atoms with Crippen molar-refractivity contribution >= 4 is 23.0 Å². The molecule has 3 rings (SSSR count). The molecule has 2 saturated carbocycles. The zero-order chi connectivity index (χ0) is 11.8. The molecule has 2 bridgehead atoms. The number of rotatable bonds is 2.